The van der Waals surface area contributed by atoms with Gasteiger partial charge in [0.15, 0.2) is 5.13 Å². The first-order chi connectivity index (χ1) is 18.3. The number of carbonyl (C=O) groups is 3. The second-order valence-corrected chi connectivity index (χ2v) is 10.5. The molecule has 7 N–H and O–H groups in total. The fourth-order valence-corrected chi connectivity index (χ4v) is 6.29. The molecule has 20 heteroatoms. The van der Waals surface area contributed by atoms with Gasteiger partial charge in [-0.2, -0.15) is 9.36 Å². The maximum Gasteiger partial charge on any atom is 0.352 e. The molecule has 2 amide bonds. The van der Waals surface area contributed by atoms with Gasteiger partial charge >= 0.3 is 5.97 Å². The normalized spacial score (nSPS) is 19.3. The van der Waals surface area contributed by atoms with Gasteiger partial charge < -0.3 is 31.8 Å². The molecule has 204 valence electrons. The lowest BCUT2D eigenvalue weighted by molar-refractivity contribution is -0.150. The van der Waals surface area contributed by atoms with E-state index < -0.39 is 29.2 Å². The Morgan fingerprint density at radius 2 is 2.18 bits per heavy atom. The zero-order chi connectivity index (χ0) is 27.2. The Bertz CT molecular complexity index is 1260. The number of oxime groups is 1. The number of carboxylic acids is 1. The highest BCUT2D eigenvalue weighted by atomic mass is 32.2. The number of hydrogen-bond donors (Lipinski definition) is 5. The third-order valence-electron chi connectivity index (χ3n) is 5.19. The molecule has 0 spiro atoms. The largest absolute Gasteiger partial charge is 0.477 e. The van der Waals surface area contributed by atoms with Gasteiger partial charge in [0, 0.05) is 23.0 Å². The van der Waals surface area contributed by atoms with Crippen molar-refractivity contribution in [1.82, 2.24) is 39.8 Å². The summed E-state index contributed by atoms with van der Waals surface area (Å²) in [5.74, 6) is -2.18. The van der Waals surface area contributed by atoms with Crippen LogP contribution in [0.2, 0.25) is 0 Å². The SMILES string of the molecule is NCCCON=C(C(=O)NC1C(=O)N2C(C(=O)O)=C(CSc3nnnn3CCO)CS[C@H]12)c1nsc(N)n1. The minimum atomic E-state index is -1.27. The van der Waals surface area contributed by atoms with Crippen molar-refractivity contribution in [2.24, 2.45) is 10.9 Å². The quantitative estimate of drug-likeness (QED) is 0.0545. The molecule has 0 saturated carbocycles. The van der Waals surface area contributed by atoms with Crippen LogP contribution in [0.5, 0.6) is 0 Å². The minimum Gasteiger partial charge on any atom is -0.477 e. The molecule has 2 atom stereocenters. The van der Waals surface area contributed by atoms with Crippen LogP contribution in [0.25, 0.3) is 0 Å². The number of aliphatic hydroxyl groups is 1. The van der Waals surface area contributed by atoms with E-state index in [9.17, 15) is 19.5 Å². The Balaban J connectivity index is 1.47. The van der Waals surface area contributed by atoms with E-state index in [1.807, 2.05) is 0 Å². The summed E-state index contributed by atoms with van der Waals surface area (Å²) in [4.78, 5) is 48.4. The van der Waals surface area contributed by atoms with E-state index >= 15 is 0 Å². The number of carbonyl (C=O) groups excluding carboxylic acids is 2. The van der Waals surface area contributed by atoms with Gasteiger partial charge in [0.25, 0.3) is 11.8 Å². The number of tetrazole rings is 1. The van der Waals surface area contributed by atoms with Gasteiger partial charge in [-0.05, 0) is 29.0 Å². The minimum absolute atomic E-state index is 0.0633. The number of carboxylic acid groups (broad SMARTS) is 1. The number of rotatable bonds is 13. The van der Waals surface area contributed by atoms with Gasteiger partial charge in [-0.15, -0.1) is 16.9 Å². The molecule has 2 aliphatic heterocycles. The van der Waals surface area contributed by atoms with Crippen LogP contribution in [0, 0.1) is 0 Å². The molecule has 1 fully saturated rings. The number of thioether (sulfide) groups is 2. The van der Waals surface area contributed by atoms with E-state index in [4.69, 9.17) is 21.4 Å². The van der Waals surface area contributed by atoms with Crippen LogP contribution in [0.15, 0.2) is 21.6 Å². The van der Waals surface area contributed by atoms with Crippen LogP contribution in [-0.2, 0) is 25.8 Å². The number of nitrogens with two attached hydrogens (primary N) is 2. The number of aliphatic hydroxyl groups excluding tert-OH is 1. The highest BCUT2D eigenvalue weighted by molar-refractivity contribution is 8.01. The van der Waals surface area contributed by atoms with Gasteiger partial charge in [0.1, 0.15) is 23.7 Å². The van der Waals surface area contributed by atoms with E-state index in [-0.39, 0.29) is 47.9 Å². The number of β-lactam (4-membered cyclic amide) rings is 1. The number of aromatic nitrogens is 6. The van der Waals surface area contributed by atoms with E-state index in [0.717, 1.165) is 16.4 Å². The van der Waals surface area contributed by atoms with Crippen LogP contribution in [0.1, 0.15) is 12.2 Å². The van der Waals surface area contributed by atoms with Crippen LogP contribution in [0.3, 0.4) is 0 Å². The molecule has 0 aromatic carbocycles. The molecule has 2 aromatic rings. The van der Waals surface area contributed by atoms with E-state index in [2.05, 4.69) is 35.4 Å². The fourth-order valence-electron chi connectivity index (χ4n) is 3.46. The molecule has 0 aliphatic carbocycles. The van der Waals surface area contributed by atoms with E-state index in [0.29, 0.717) is 29.4 Å². The standard InChI is InChI=1S/C18H23N11O6S3/c19-2-1-5-35-24-9(12-22-17(20)38-25-12)13(31)21-10-14(32)29-11(16(33)34)8(6-36-15(10)29)7-37-18-23-26-27-28(18)3-4-30/h10,15,30H,1-7,19H2,(H,21,31)(H,33,34)(H2,20,22,25)/t10?,15-/m1/s1. The zero-order valence-electron chi connectivity index (χ0n) is 19.6. The monoisotopic (exact) mass is 585 g/mol. The number of hydrogen-bond acceptors (Lipinski definition) is 16. The third kappa shape index (κ3) is 5.88. The average Bonchev–Trinajstić information content (AvgIpc) is 3.53. The lowest BCUT2D eigenvalue weighted by Gasteiger charge is -2.49. The van der Waals surface area contributed by atoms with E-state index in [1.54, 1.807) is 0 Å². The lowest BCUT2D eigenvalue weighted by Crippen LogP contribution is -2.71. The van der Waals surface area contributed by atoms with Gasteiger partial charge in [-0.3, -0.25) is 14.5 Å². The van der Waals surface area contributed by atoms with Gasteiger partial charge in [0.2, 0.25) is 16.7 Å². The van der Waals surface area contributed by atoms with Crippen molar-refractivity contribution >= 4 is 63.7 Å². The maximum absolute atomic E-state index is 13.0. The van der Waals surface area contributed by atoms with Crippen molar-refractivity contribution < 1.29 is 29.4 Å². The third-order valence-corrected chi connectivity index (χ3v) is 8.11. The highest BCUT2D eigenvalue weighted by Crippen LogP contribution is 2.41. The summed E-state index contributed by atoms with van der Waals surface area (Å²) in [5.41, 5.74) is 11.1. The predicted octanol–water partition coefficient (Wildman–Crippen LogP) is -2.30. The number of amides is 2. The molecular weight excluding hydrogens is 562 g/mol. The Morgan fingerprint density at radius 3 is 2.87 bits per heavy atom. The summed E-state index contributed by atoms with van der Waals surface area (Å²) < 4.78 is 5.38. The van der Waals surface area contributed by atoms with Crippen LogP contribution >= 0.6 is 35.1 Å². The first-order valence-corrected chi connectivity index (χ1v) is 13.9. The Labute approximate surface area is 227 Å². The van der Waals surface area contributed by atoms with Gasteiger partial charge in [-0.25, -0.2) is 9.48 Å². The average molecular weight is 586 g/mol. The van der Waals surface area contributed by atoms with Crippen LogP contribution in [-0.4, -0.2) is 111 Å². The van der Waals surface area contributed by atoms with Gasteiger partial charge in [-0.1, -0.05) is 16.9 Å². The molecule has 17 nitrogen and oxygen atoms in total. The lowest BCUT2D eigenvalue weighted by atomic mass is 10.0. The summed E-state index contributed by atoms with van der Waals surface area (Å²) in [7, 11) is 0. The number of nitrogen functional groups attached to an aromatic ring is 1. The highest BCUT2D eigenvalue weighted by Gasteiger charge is 2.54. The fraction of sp³-hybridized carbons (Fsp3) is 0.500. The van der Waals surface area contributed by atoms with Crippen molar-refractivity contribution in [3.05, 3.63) is 17.1 Å². The number of anilines is 1. The number of nitrogens with one attached hydrogen (secondary N) is 1. The summed E-state index contributed by atoms with van der Waals surface area (Å²) in [5, 5.41) is 36.5. The van der Waals surface area contributed by atoms with Crippen molar-refractivity contribution in [3.63, 3.8) is 0 Å². The van der Waals surface area contributed by atoms with Crippen molar-refractivity contribution in [2.75, 3.05) is 37.0 Å². The van der Waals surface area contributed by atoms with Gasteiger partial charge in [0.05, 0.1) is 13.2 Å². The Kier molecular flexibility index (Phi) is 9.09. The molecule has 4 rings (SSSR count). The molecule has 2 aliphatic rings. The maximum atomic E-state index is 13.0. The molecule has 2 aromatic heterocycles. The summed E-state index contributed by atoms with van der Waals surface area (Å²) in [6.45, 7) is 0.549. The molecule has 38 heavy (non-hydrogen) atoms. The molecule has 1 saturated heterocycles. The number of nitrogens with zero attached hydrogens (tertiary/aromatic N) is 8. The predicted molar refractivity (Wildman–Crippen MR) is 136 cm³/mol. The Hall–Kier alpha value is -3.33. The number of fused-ring (bicyclic) bond motifs is 1. The molecular formula is C18H23N11O6S3. The van der Waals surface area contributed by atoms with Crippen LogP contribution in [0.4, 0.5) is 5.13 Å². The Morgan fingerprint density at radius 1 is 1.37 bits per heavy atom. The first kappa shape index (κ1) is 27.7. The smallest absolute Gasteiger partial charge is 0.352 e. The molecule has 4 heterocycles. The van der Waals surface area contributed by atoms with Crippen molar-refractivity contribution in [2.45, 2.75) is 29.5 Å². The second kappa shape index (κ2) is 12.5. The summed E-state index contributed by atoms with van der Waals surface area (Å²) in [6.07, 6.45) is 0.501. The van der Waals surface area contributed by atoms with Crippen molar-refractivity contribution in [1.29, 1.82) is 0 Å². The summed E-state index contributed by atoms with van der Waals surface area (Å²) >= 11 is 3.36. The second-order valence-electron chi connectivity index (χ2n) is 7.69. The van der Waals surface area contributed by atoms with E-state index in [1.165, 1.54) is 28.2 Å². The molecule has 1 unspecified atom stereocenters. The first-order valence-electron chi connectivity index (χ1n) is 11.1. The molecule has 0 radical (unpaired) electrons. The molecule has 0 bridgehead atoms. The summed E-state index contributed by atoms with van der Waals surface area (Å²) in [6, 6.07) is -1.00. The van der Waals surface area contributed by atoms with Crippen molar-refractivity contribution in [3.8, 4) is 0 Å². The topological polar surface area (TPSA) is 250 Å². The number of aliphatic carboxylic acids is 1. The van der Waals surface area contributed by atoms with Crippen LogP contribution < -0.4 is 16.8 Å². The zero-order valence-corrected chi connectivity index (χ0v) is 22.0.